The molecule has 2 nitrogen and oxygen atoms in total. The summed E-state index contributed by atoms with van der Waals surface area (Å²) in [4.78, 5) is 2.96. The van der Waals surface area contributed by atoms with Gasteiger partial charge < -0.3 is 5.73 Å². The number of nitrogens with two attached hydrogens (primary N) is 1. The van der Waals surface area contributed by atoms with E-state index in [1.807, 2.05) is 0 Å². The summed E-state index contributed by atoms with van der Waals surface area (Å²) in [5, 5.41) is 0. The van der Waals surface area contributed by atoms with Crippen molar-refractivity contribution in [3.63, 3.8) is 0 Å². The zero-order valence-corrected chi connectivity index (χ0v) is 12.1. The lowest BCUT2D eigenvalue weighted by Gasteiger charge is -2.20. The van der Waals surface area contributed by atoms with Crippen LogP contribution in [-0.4, -0.2) is 29.5 Å². The van der Waals surface area contributed by atoms with Gasteiger partial charge in [0.05, 0.1) is 4.99 Å². The molecule has 0 bridgehead atoms. The molecule has 0 spiro atoms. The Hall–Kier alpha value is -0.930. The minimum Gasteiger partial charge on any atom is -0.392 e. The summed E-state index contributed by atoms with van der Waals surface area (Å²) in [7, 11) is 0. The largest absolute Gasteiger partial charge is 0.392 e. The first-order valence-electron chi connectivity index (χ1n) is 6.77. The minimum atomic E-state index is 0.603. The molecule has 1 aromatic carbocycles. The molecule has 0 heterocycles. The molecule has 3 heteroatoms. The third kappa shape index (κ3) is 6.72. The lowest BCUT2D eigenvalue weighted by atomic mass is 10.1. The van der Waals surface area contributed by atoms with E-state index >= 15 is 0 Å². The summed E-state index contributed by atoms with van der Waals surface area (Å²) in [6.45, 7) is 5.13. The molecule has 0 radical (unpaired) electrons. The molecule has 1 aromatic rings. The fourth-order valence-electron chi connectivity index (χ4n) is 2.12. The first-order chi connectivity index (χ1) is 8.72. The predicted molar refractivity (Wildman–Crippen MR) is 82.9 cm³/mol. The average Bonchev–Trinajstić information content (AvgIpc) is 2.35. The smallest absolute Gasteiger partial charge is 0.0870 e. The monoisotopic (exact) mass is 264 g/mol. The van der Waals surface area contributed by atoms with Crippen molar-refractivity contribution in [3.8, 4) is 0 Å². The van der Waals surface area contributed by atoms with Gasteiger partial charge in [-0.15, -0.1) is 0 Å². The highest BCUT2D eigenvalue weighted by molar-refractivity contribution is 7.80. The molecule has 0 atom stereocenters. The maximum absolute atomic E-state index is 5.61. The van der Waals surface area contributed by atoms with Gasteiger partial charge >= 0.3 is 0 Å². The topological polar surface area (TPSA) is 29.3 Å². The molecule has 100 valence electrons. The molecule has 0 unspecified atom stereocenters. The van der Waals surface area contributed by atoms with Gasteiger partial charge in [-0.3, -0.25) is 4.90 Å². The molecule has 18 heavy (non-hydrogen) atoms. The normalized spacial score (nSPS) is 10.8. The highest BCUT2D eigenvalue weighted by atomic mass is 32.1. The van der Waals surface area contributed by atoms with E-state index in [1.165, 1.54) is 18.4 Å². The van der Waals surface area contributed by atoms with Crippen molar-refractivity contribution >= 4 is 17.2 Å². The molecule has 2 N–H and O–H groups in total. The third-order valence-electron chi connectivity index (χ3n) is 2.95. The van der Waals surface area contributed by atoms with Gasteiger partial charge in [-0.25, -0.2) is 0 Å². The van der Waals surface area contributed by atoms with E-state index in [9.17, 15) is 0 Å². The molecular weight excluding hydrogens is 240 g/mol. The maximum atomic E-state index is 5.61. The zero-order valence-electron chi connectivity index (χ0n) is 11.3. The Kier molecular flexibility index (Phi) is 7.62. The van der Waals surface area contributed by atoms with E-state index in [4.69, 9.17) is 18.0 Å². The number of benzene rings is 1. The highest BCUT2D eigenvalue weighted by Crippen LogP contribution is 2.05. The summed E-state index contributed by atoms with van der Waals surface area (Å²) >= 11 is 4.98. The molecule has 0 saturated carbocycles. The van der Waals surface area contributed by atoms with Crippen LogP contribution in [0.2, 0.25) is 0 Å². The van der Waals surface area contributed by atoms with Crippen molar-refractivity contribution in [2.45, 2.75) is 32.6 Å². The highest BCUT2D eigenvalue weighted by Gasteiger charge is 2.04. The maximum Gasteiger partial charge on any atom is 0.0870 e. The lowest BCUT2D eigenvalue weighted by Crippen LogP contribution is -2.34. The molecule has 1 rings (SSSR count). The summed E-state index contributed by atoms with van der Waals surface area (Å²) in [5.41, 5.74) is 7.03. The van der Waals surface area contributed by atoms with Gasteiger partial charge in [-0.05, 0) is 44.3 Å². The van der Waals surface area contributed by atoms with E-state index in [0.717, 1.165) is 32.5 Å². The Labute approximate surface area is 116 Å². The van der Waals surface area contributed by atoms with Crippen molar-refractivity contribution in [2.75, 3.05) is 19.6 Å². The van der Waals surface area contributed by atoms with Crippen LogP contribution in [0, 0.1) is 0 Å². The number of unbranched alkanes of at least 4 members (excludes halogenated alkanes) is 1. The van der Waals surface area contributed by atoms with Crippen LogP contribution in [-0.2, 0) is 6.42 Å². The Morgan fingerprint density at radius 2 is 1.89 bits per heavy atom. The van der Waals surface area contributed by atoms with Gasteiger partial charge in [0.1, 0.15) is 0 Å². The van der Waals surface area contributed by atoms with E-state index in [2.05, 4.69) is 42.2 Å². The van der Waals surface area contributed by atoms with Crippen molar-refractivity contribution in [1.82, 2.24) is 4.90 Å². The fourth-order valence-corrected chi connectivity index (χ4v) is 2.30. The van der Waals surface area contributed by atoms with Crippen LogP contribution in [0.15, 0.2) is 30.3 Å². The van der Waals surface area contributed by atoms with Crippen LogP contribution >= 0.6 is 12.2 Å². The van der Waals surface area contributed by atoms with Gasteiger partial charge in [0.25, 0.3) is 0 Å². The van der Waals surface area contributed by atoms with Gasteiger partial charge in [0.15, 0.2) is 0 Å². The quantitative estimate of drug-likeness (QED) is 0.549. The summed E-state index contributed by atoms with van der Waals surface area (Å²) < 4.78 is 0. The Morgan fingerprint density at radius 3 is 2.50 bits per heavy atom. The summed E-state index contributed by atoms with van der Waals surface area (Å²) in [5.74, 6) is 0. The van der Waals surface area contributed by atoms with E-state index in [-0.39, 0.29) is 0 Å². The van der Waals surface area contributed by atoms with E-state index < -0.39 is 0 Å². The summed E-state index contributed by atoms with van der Waals surface area (Å²) in [6, 6.07) is 10.7. The van der Waals surface area contributed by atoms with Gasteiger partial charge in [0.2, 0.25) is 0 Å². The molecule has 0 aliphatic carbocycles. The molecule has 0 saturated heterocycles. The molecular formula is C15H24N2S. The fraction of sp³-hybridized carbons (Fsp3) is 0.533. The Bertz CT molecular complexity index is 338. The van der Waals surface area contributed by atoms with Crippen molar-refractivity contribution in [2.24, 2.45) is 5.73 Å². The number of aryl methyl sites for hydroxylation is 1. The summed E-state index contributed by atoms with van der Waals surface area (Å²) in [6.07, 6.45) is 4.74. The number of rotatable bonds is 9. The zero-order chi connectivity index (χ0) is 13.2. The first-order valence-corrected chi connectivity index (χ1v) is 7.17. The lowest BCUT2D eigenvalue weighted by molar-refractivity contribution is 0.305. The number of hydrogen-bond donors (Lipinski definition) is 1. The van der Waals surface area contributed by atoms with Crippen molar-refractivity contribution in [1.29, 1.82) is 0 Å². The second-order valence-electron chi connectivity index (χ2n) is 4.69. The SMILES string of the molecule is CCCN(CCCCc1ccccc1)CC(N)=S. The number of nitrogens with zero attached hydrogens (tertiary/aromatic N) is 1. The van der Waals surface area contributed by atoms with E-state index in [1.54, 1.807) is 0 Å². The second-order valence-corrected chi connectivity index (χ2v) is 5.21. The molecule has 0 fully saturated rings. The number of hydrogen-bond acceptors (Lipinski definition) is 2. The minimum absolute atomic E-state index is 0.603. The van der Waals surface area contributed by atoms with Crippen LogP contribution in [0.25, 0.3) is 0 Å². The van der Waals surface area contributed by atoms with Crippen LogP contribution in [0.3, 0.4) is 0 Å². The molecule has 0 aromatic heterocycles. The Morgan fingerprint density at radius 1 is 1.17 bits per heavy atom. The third-order valence-corrected chi connectivity index (χ3v) is 3.08. The van der Waals surface area contributed by atoms with Crippen LogP contribution in [0.5, 0.6) is 0 Å². The van der Waals surface area contributed by atoms with Gasteiger partial charge in [-0.1, -0.05) is 49.5 Å². The van der Waals surface area contributed by atoms with Crippen LogP contribution in [0.1, 0.15) is 31.7 Å². The van der Waals surface area contributed by atoms with Gasteiger partial charge in [0, 0.05) is 6.54 Å². The molecule has 0 aliphatic heterocycles. The van der Waals surface area contributed by atoms with E-state index in [0.29, 0.717) is 4.99 Å². The van der Waals surface area contributed by atoms with Gasteiger partial charge in [-0.2, -0.15) is 0 Å². The second kappa shape index (κ2) is 9.06. The van der Waals surface area contributed by atoms with Crippen LogP contribution < -0.4 is 5.73 Å². The average molecular weight is 264 g/mol. The Balaban J connectivity index is 2.20. The van der Waals surface area contributed by atoms with Crippen molar-refractivity contribution in [3.05, 3.63) is 35.9 Å². The molecule has 0 amide bonds. The first kappa shape index (κ1) is 15.1. The predicted octanol–water partition coefficient (Wildman–Crippen LogP) is 3.01. The van der Waals surface area contributed by atoms with Crippen molar-refractivity contribution < 1.29 is 0 Å². The standard InChI is InChI=1S/C15H24N2S/c1-2-11-17(13-15(16)18)12-7-6-10-14-8-4-3-5-9-14/h3-5,8-9H,2,6-7,10-13H2,1H3,(H2,16,18). The molecule has 0 aliphatic rings. The van der Waals surface area contributed by atoms with Crippen LogP contribution in [0.4, 0.5) is 0 Å². The number of thiocarbonyl (C=S) groups is 1.